The van der Waals surface area contributed by atoms with Gasteiger partial charge in [-0.2, -0.15) is 0 Å². The second kappa shape index (κ2) is 7.77. The van der Waals surface area contributed by atoms with Gasteiger partial charge < -0.3 is 20.6 Å². The maximum atomic E-state index is 13.5. The monoisotopic (exact) mass is 352 g/mol. The van der Waals surface area contributed by atoms with Gasteiger partial charge in [0.15, 0.2) is 11.4 Å². The van der Waals surface area contributed by atoms with Crippen molar-refractivity contribution in [2.75, 3.05) is 6.61 Å². The summed E-state index contributed by atoms with van der Waals surface area (Å²) in [6, 6.07) is 2.87. The lowest BCUT2D eigenvalue weighted by Crippen LogP contribution is -2.25. The lowest BCUT2D eigenvalue weighted by Gasteiger charge is -2.12. The van der Waals surface area contributed by atoms with Gasteiger partial charge in [-0.05, 0) is 6.07 Å². The Bertz CT molecular complexity index is 826. The molecule has 1 heterocycles. The van der Waals surface area contributed by atoms with E-state index in [0.717, 1.165) is 18.3 Å². The van der Waals surface area contributed by atoms with Crippen LogP contribution in [0.3, 0.4) is 0 Å². The normalized spacial score (nSPS) is 10.6. The van der Waals surface area contributed by atoms with Gasteiger partial charge >= 0.3 is 0 Å². The molecule has 7 nitrogen and oxygen atoms in total. The number of pyridine rings is 1. The minimum absolute atomic E-state index is 0.0320. The Balaban J connectivity index is 2.24. The Labute approximate surface area is 140 Å². The number of rotatable bonds is 6. The predicted octanol–water partition coefficient (Wildman–Crippen LogP) is 0.663. The first-order valence-corrected chi connectivity index (χ1v) is 7.07. The lowest BCUT2D eigenvalue weighted by atomic mass is 10.1. The molecular formula is C16H14F2N2O5. The number of hydrogen-bond donors (Lipinski definition) is 4. The molecule has 132 valence electrons. The van der Waals surface area contributed by atoms with E-state index in [-0.39, 0.29) is 23.2 Å². The van der Waals surface area contributed by atoms with E-state index >= 15 is 0 Å². The number of Topliss-reactive ketones (excluding diaryl/α,β-unsaturated/α-hetero) is 1. The first-order chi connectivity index (χ1) is 11.9. The summed E-state index contributed by atoms with van der Waals surface area (Å²) < 4.78 is 26.4. The molecule has 0 bridgehead atoms. The van der Waals surface area contributed by atoms with Crippen LogP contribution in [0.2, 0.25) is 0 Å². The van der Waals surface area contributed by atoms with Crippen molar-refractivity contribution in [2.45, 2.75) is 13.2 Å². The van der Waals surface area contributed by atoms with Crippen molar-refractivity contribution in [3.63, 3.8) is 0 Å². The van der Waals surface area contributed by atoms with Crippen molar-refractivity contribution in [1.82, 2.24) is 10.3 Å². The highest BCUT2D eigenvalue weighted by atomic mass is 19.1. The van der Waals surface area contributed by atoms with E-state index in [9.17, 15) is 28.6 Å². The zero-order chi connectivity index (χ0) is 18.6. The maximum Gasteiger partial charge on any atom is 0.253 e. The van der Waals surface area contributed by atoms with Crippen LogP contribution in [-0.2, 0) is 13.2 Å². The number of halogens is 2. The first-order valence-electron chi connectivity index (χ1n) is 7.07. The van der Waals surface area contributed by atoms with E-state index in [0.29, 0.717) is 6.07 Å². The van der Waals surface area contributed by atoms with E-state index in [1.54, 1.807) is 0 Å². The second-order valence-corrected chi connectivity index (χ2v) is 5.01. The van der Waals surface area contributed by atoms with Gasteiger partial charge in [-0.1, -0.05) is 6.07 Å². The van der Waals surface area contributed by atoms with Crippen LogP contribution in [0.1, 0.15) is 32.0 Å². The number of nitrogens with zero attached hydrogens (tertiary/aromatic N) is 1. The zero-order valence-electron chi connectivity index (χ0n) is 12.8. The highest BCUT2D eigenvalue weighted by Gasteiger charge is 2.22. The molecule has 0 fully saturated rings. The number of aromatic hydroxyl groups is 1. The molecule has 0 aliphatic rings. The predicted molar refractivity (Wildman–Crippen MR) is 80.8 cm³/mol. The van der Waals surface area contributed by atoms with E-state index in [4.69, 9.17) is 5.11 Å². The van der Waals surface area contributed by atoms with Crippen LogP contribution in [0.5, 0.6) is 5.75 Å². The fraction of sp³-hybridized carbons (Fsp3) is 0.188. The van der Waals surface area contributed by atoms with Crippen LogP contribution in [0.4, 0.5) is 8.78 Å². The third-order valence-electron chi connectivity index (χ3n) is 3.42. The summed E-state index contributed by atoms with van der Waals surface area (Å²) in [6.45, 7) is -1.94. The molecule has 4 N–H and O–H groups in total. The van der Waals surface area contributed by atoms with Crippen LogP contribution in [0, 0.1) is 11.6 Å². The summed E-state index contributed by atoms with van der Waals surface area (Å²) in [7, 11) is 0. The molecule has 0 spiro atoms. The van der Waals surface area contributed by atoms with Crippen LogP contribution >= 0.6 is 0 Å². The van der Waals surface area contributed by atoms with E-state index in [1.165, 1.54) is 0 Å². The molecule has 0 aliphatic carbocycles. The summed E-state index contributed by atoms with van der Waals surface area (Å²) in [5.74, 6) is -3.99. The average Bonchev–Trinajstić information content (AvgIpc) is 2.59. The zero-order valence-corrected chi connectivity index (χ0v) is 12.8. The molecule has 1 aromatic heterocycles. The number of benzene rings is 1. The number of carbonyl (C=O) groups is 2. The van der Waals surface area contributed by atoms with Crippen molar-refractivity contribution < 1.29 is 33.7 Å². The number of amides is 1. The number of nitrogens with one attached hydrogen (secondary N) is 1. The standard InChI is InChI=1S/C16H14F2N2O5/c17-9-2-1-8(12(18)3-9)4-20-16(25)10-5-19-14(13(23)7-22)15(24)11(10)6-21/h1-3,5,21-22,24H,4,6-7H2,(H,20,25). The van der Waals surface area contributed by atoms with Gasteiger partial charge in [-0.3, -0.25) is 9.59 Å². The van der Waals surface area contributed by atoms with Gasteiger partial charge in [-0.15, -0.1) is 0 Å². The van der Waals surface area contributed by atoms with Crippen molar-refractivity contribution >= 4 is 11.7 Å². The van der Waals surface area contributed by atoms with E-state index in [2.05, 4.69) is 10.3 Å². The molecule has 9 heteroatoms. The summed E-state index contributed by atoms with van der Waals surface area (Å²) in [5.41, 5.74) is -0.932. The third kappa shape index (κ3) is 3.95. The molecule has 0 unspecified atom stereocenters. The quantitative estimate of drug-likeness (QED) is 0.567. The summed E-state index contributed by atoms with van der Waals surface area (Å²) in [5, 5.41) is 30.4. The largest absolute Gasteiger partial charge is 0.505 e. The third-order valence-corrected chi connectivity index (χ3v) is 3.42. The van der Waals surface area contributed by atoms with Gasteiger partial charge in [-0.25, -0.2) is 13.8 Å². The van der Waals surface area contributed by atoms with Crippen LogP contribution < -0.4 is 5.32 Å². The van der Waals surface area contributed by atoms with Crippen molar-refractivity contribution in [3.8, 4) is 5.75 Å². The maximum absolute atomic E-state index is 13.5. The minimum Gasteiger partial charge on any atom is -0.505 e. The number of ketones is 1. The molecule has 0 saturated heterocycles. The van der Waals surface area contributed by atoms with E-state index < -0.39 is 48.0 Å². The first kappa shape index (κ1) is 18.4. The molecule has 2 aromatic rings. The Hall–Kier alpha value is -2.91. The Morgan fingerprint density at radius 2 is 1.92 bits per heavy atom. The van der Waals surface area contributed by atoms with Crippen LogP contribution in [0.25, 0.3) is 0 Å². The Morgan fingerprint density at radius 1 is 1.20 bits per heavy atom. The molecule has 0 aliphatic heterocycles. The van der Waals surface area contributed by atoms with Gasteiger partial charge in [0.25, 0.3) is 5.91 Å². The van der Waals surface area contributed by atoms with Crippen molar-refractivity contribution in [2.24, 2.45) is 0 Å². The number of aliphatic hydroxyl groups excluding tert-OH is 2. The summed E-state index contributed by atoms with van der Waals surface area (Å²) in [6.07, 6.45) is 0.949. The SMILES string of the molecule is O=C(NCc1ccc(F)cc1F)c1cnc(C(=O)CO)c(O)c1CO. The topological polar surface area (TPSA) is 120 Å². The van der Waals surface area contributed by atoms with E-state index in [1.807, 2.05) is 0 Å². The molecule has 2 rings (SSSR count). The van der Waals surface area contributed by atoms with Crippen LogP contribution in [0.15, 0.2) is 24.4 Å². The molecule has 0 saturated carbocycles. The van der Waals surface area contributed by atoms with Gasteiger partial charge in [0.05, 0.1) is 12.2 Å². The molecule has 0 atom stereocenters. The fourth-order valence-corrected chi connectivity index (χ4v) is 2.11. The highest BCUT2D eigenvalue weighted by molar-refractivity contribution is 6.01. The van der Waals surface area contributed by atoms with Gasteiger partial charge in [0.2, 0.25) is 5.78 Å². The number of carbonyl (C=O) groups excluding carboxylic acids is 2. The van der Waals surface area contributed by atoms with Crippen molar-refractivity contribution in [3.05, 3.63) is 58.4 Å². The van der Waals surface area contributed by atoms with Crippen LogP contribution in [-0.4, -0.2) is 38.6 Å². The second-order valence-electron chi connectivity index (χ2n) is 5.01. The number of aromatic nitrogens is 1. The Kier molecular flexibility index (Phi) is 5.73. The average molecular weight is 352 g/mol. The van der Waals surface area contributed by atoms with Crippen molar-refractivity contribution in [1.29, 1.82) is 0 Å². The lowest BCUT2D eigenvalue weighted by molar-refractivity contribution is 0.0891. The number of aliphatic hydroxyl groups is 2. The summed E-state index contributed by atoms with van der Waals surface area (Å²) >= 11 is 0. The minimum atomic E-state index is -0.902. The molecule has 0 radical (unpaired) electrons. The molecule has 1 amide bonds. The molecule has 25 heavy (non-hydrogen) atoms. The molecule has 1 aromatic carbocycles. The van der Waals surface area contributed by atoms with Gasteiger partial charge in [0.1, 0.15) is 18.2 Å². The fourth-order valence-electron chi connectivity index (χ4n) is 2.11. The summed E-state index contributed by atoms with van der Waals surface area (Å²) in [4.78, 5) is 27.2. The highest BCUT2D eigenvalue weighted by Crippen LogP contribution is 2.25. The van der Waals surface area contributed by atoms with Gasteiger partial charge in [0, 0.05) is 29.9 Å². The number of hydrogen-bond acceptors (Lipinski definition) is 6. The Morgan fingerprint density at radius 3 is 2.52 bits per heavy atom. The smallest absolute Gasteiger partial charge is 0.253 e. The molecular weight excluding hydrogens is 338 g/mol.